The highest BCUT2D eigenvalue weighted by Gasteiger charge is 2.16. The average Bonchev–Trinajstić information content (AvgIpc) is 2.92. The van der Waals surface area contributed by atoms with E-state index in [0.29, 0.717) is 0 Å². The Labute approximate surface area is 129 Å². The lowest BCUT2D eigenvalue weighted by Crippen LogP contribution is -1.99. The van der Waals surface area contributed by atoms with E-state index in [1.165, 1.54) is 0 Å². The van der Waals surface area contributed by atoms with Crippen LogP contribution in [0.15, 0.2) is 52.3 Å². The van der Waals surface area contributed by atoms with Crippen LogP contribution in [0, 0.1) is 0 Å². The molecule has 0 amide bonds. The van der Waals surface area contributed by atoms with Crippen molar-refractivity contribution in [2.75, 3.05) is 7.11 Å². The molecule has 0 aliphatic heterocycles. The summed E-state index contributed by atoms with van der Waals surface area (Å²) in [4.78, 5) is 0.923. The van der Waals surface area contributed by atoms with Gasteiger partial charge in [0.15, 0.2) is 0 Å². The van der Waals surface area contributed by atoms with Crippen molar-refractivity contribution in [3.8, 4) is 5.75 Å². The Kier molecular flexibility index (Phi) is 3.78. The quantitative estimate of drug-likeness (QED) is 0.739. The van der Waals surface area contributed by atoms with E-state index in [9.17, 15) is 5.11 Å². The summed E-state index contributed by atoms with van der Waals surface area (Å²) in [5.74, 6) is 0.823. The van der Waals surface area contributed by atoms with Crippen LogP contribution in [-0.4, -0.2) is 12.2 Å². The second kappa shape index (κ2) is 5.56. The maximum atomic E-state index is 10.6. The van der Waals surface area contributed by atoms with Crippen LogP contribution in [0.25, 0.3) is 10.8 Å². The molecule has 0 radical (unpaired) electrons. The predicted octanol–water partition coefficient (Wildman–Crippen LogP) is 4.75. The number of methoxy groups -OCH3 is 1. The molecule has 3 rings (SSSR count). The highest BCUT2D eigenvalue weighted by atomic mass is 79.9. The Morgan fingerprint density at radius 3 is 2.45 bits per heavy atom. The van der Waals surface area contributed by atoms with E-state index in [1.807, 2.05) is 48.5 Å². The van der Waals surface area contributed by atoms with Gasteiger partial charge in [-0.25, -0.2) is 0 Å². The molecule has 2 nitrogen and oxygen atoms in total. The first kappa shape index (κ1) is 13.6. The van der Waals surface area contributed by atoms with E-state index in [-0.39, 0.29) is 0 Å². The van der Waals surface area contributed by atoms with Gasteiger partial charge in [0.25, 0.3) is 0 Å². The molecule has 1 aromatic heterocycles. The van der Waals surface area contributed by atoms with Crippen molar-refractivity contribution in [3.63, 3.8) is 0 Å². The summed E-state index contributed by atoms with van der Waals surface area (Å²) in [6, 6.07) is 15.7. The number of fused-ring (bicyclic) bond motifs is 1. The SMILES string of the molecule is COc1ccc(C(O)c2ccc(Br)s2)c2ccccc12. The first-order valence-electron chi connectivity index (χ1n) is 6.19. The second-order valence-corrected chi connectivity index (χ2v) is 6.94. The molecule has 0 saturated heterocycles. The molecule has 0 spiro atoms. The summed E-state index contributed by atoms with van der Waals surface area (Å²) < 4.78 is 6.40. The normalized spacial score (nSPS) is 12.6. The topological polar surface area (TPSA) is 29.5 Å². The molecule has 1 heterocycles. The van der Waals surface area contributed by atoms with E-state index in [2.05, 4.69) is 15.9 Å². The number of aliphatic hydroxyl groups excluding tert-OH is 1. The van der Waals surface area contributed by atoms with Crippen LogP contribution in [0.5, 0.6) is 5.75 Å². The zero-order chi connectivity index (χ0) is 14.1. The standard InChI is InChI=1S/C16H13BrO2S/c1-19-13-7-6-12(10-4-2-3-5-11(10)13)16(18)14-8-9-15(17)20-14/h2-9,16,18H,1H3. The summed E-state index contributed by atoms with van der Waals surface area (Å²) in [6.07, 6.45) is -0.623. The second-order valence-electron chi connectivity index (χ2n) is 4.45. The number of thiophene rings is 1. The van der Waals surface area contributed by atoms with Crippen molar-refractivity contribution in [3.05, 3.63) is 62.8 Å². The van der Waals surface area contributed by atoms with Gasteiger partial charge < -0.3 is 9.84 Å². The van der Waals surface area contributed by atoms with Crippen LogP contribution in [0.4, 0.5) is 0 Å². The first-order valence-corrected chi connectivity index (χ1v) is 7.80. The van der Waals surface area contributed by atoms with Crippen LogP contribution in [-0.2, 0) is 0 Å². The van der Waals surface area contributed by atoms with Gasteiger partial charge in [-0.2, -0.15) is 0 Å². The van der Waals surface area contributed by atoms with Gasteiger partial charge in [0.2, 0.25) is 0 Å². The van der Waals surface area contributed by atoms with Gasteiger partial charge in [-0.1, -0.05) is 30.3 Å². The predicted molar refractivity (Wildman–Crippen MR) is 86.6 cm³/mol. The molecular formula is C16H13BrO2S. The number of benzene rings is 2. The summed E-state index contributed by atoms with van der Waals surface area (Å²) in [5.41, 5.74) is 0.899. The summed E-state index contributed by atoms with van der Waals surface area (Å²) in [5, 5.41) is 12.6. The fourth-order valence-electron chi connectivity index (χ4n) is 2.34. The van der Waals surface area contributed by atoms with Crippen molar-refractivity contribution in [1.29, 1.82) is 0 Å². The van der Waals surface area contributed by atoms with Crippen molar-refractivity contribution >= 4 is 38.0 Å². The zero-order valence-electron chi connectivity index (χ0n) is 10.8. The molecule has 102 valence electrons. The minimum Gasteiger partial charge on any atom is -0.496 e. The molecule has 1 N–H and O–H groups in total. The molecule has 0 bridgehead atoms. The summed E-state index contributed by atoms with van der Waals surface area (Å²) in [7, 11) is 1.66. The van der Waals surface area contributed by atoms with Crippen LogP contribution in [0.3, 0.4) is 0 Å². The van der Waals surface area contributed by atoms with Crippen LogP contribution in [0.2, 0.25) is 0 Å². The Morgan fingerprint density at radius 2 is 1.80 bits per heavy atom. The third kappa shape index (κ3) is 2.35. The average molecular weight is 349 g/mol. The Bertz CT molecular complexity index is 751. The van der Waals surface area contributed by atoms with Gasteiger partial charge >= 0.3 is 0 Å². The first-order chi connectivity index (χ1) is 9.70. The fourth-order valence-corrected chi connectivity index (χ4v) is 3.77. The number of hydrogen-bond acceptors (Lipinski definition) is 3. The minimum absolute atomic E-state index is 0.623. The molecule has 2 aromatic carbocycles. The molecule has 3 aromatic rings. The fraction of sp³-hybridized carbons (Fsp3) is 0.125. The molecule has 0 fully saturated rings. The van der Waals surface area contributed by atoms with Crippen LogP contribution < -0.4 is 4.74 Å². The number of hydrogen-bond donors (Lipinski definition) is 1. The summed E-state index contributed by atoms with van der Waals surface area (Å²) in [6.45, 7) is 0. The molecule has 1 unspecified atom stereocenters. The number of ether oxygens (including phenoxy) is 1. The largest absolute Gasteiger partial charge is 0.496 e. The van der Waals surface area contributed by atoms with Gasteiger partial charge in [0, 0.05) is 10.3 Å². The highest BCUT2D eigenvalue weighted by molar-refractivity contribution is 9.11. The van der Waals surface area contributed by atoms with Gasteiger partial charge in [0.1, 0.15) is 11.9 Å². The van der Waals surface area contributed by atoms with E-state index in [1.54, 1.807) is 18.4 Å². The Hall–Kier alpha value is -1.36. The highest BCUT2D eigenvalue weighted by Crippen LogP contribution is 2.36. The maximum absolute atomic E-state index is 10.6. The van der Waals surface area contributed by atoms with Crippen LogP contribution >= 0.6 is 27.3 Å². The maximum Gasteiger partial charge on any atom is 0.126 e. The van der Waals surface area contributed by atoms with Crippen molar-refractivity contribution < 1.29 is 9.84 Å². The molecule has 20 heavy (non-hydrogen) atoms. The van der Waals surface area contributed by atoms with Gasteiger partial charge in [0.05, 0.1) is 10.9 Å². The number of aliphatic hydroxyl groups is 1. The van der Waals surface area contributed by atoms with Crippen LogP contribution in [0.1, 0.15) is 16.5 Å². The van der Waals surface area contributed by atoms with E-state index >= 15 is 0 Å². The summed E-state index contributed by atoms with van der Waals surface area (Å²) >= 11 is 4.98. The van der Waals surface area contributed by atoms with E-state index in [0.717, 1.165) is 30.7 Å². The molecule has 1 atom stereocenters. The molecule has 0 aliphatic carbocycles. The number of halogens is 1. The number of rotatable bonds is 3. The lowest BCUT2D eigenvalue weighted by molar-refractivity contribution is 0.225. The minimum atomic E-state index is -0.623. The van der Waals surface area contributed by atoms with Crippen molar-refractivity contribution in [2.24, 2.45) is 0 Å². The molecule has 4 heteroatoms. The lowest BCUT2D eigenvalue weighted by Gasteiger charge is -2.14. The van der Waals surface area contributed by atoms with Gasteiger partial charge in [-0.05, 0) is 45.1 Å². The van der Waals surface area contributed by atoms with E-state index < -0.39 is 6.10 Å². The van der Waals surface area contributed by atoms with E-state index in [4.69, 9.17) is 4.74 Å². The smallest absolute Gasteiger partial charge is 0.126 e. The monoisotopic (exact) mass is 348 g/mol. The third-order valence-electron chi connectivity index (χ3n) is 3.30. The zero-order valence-corrected chi connectivity index (χ0v) is 13.2. The van der Waals surface area contributed by atoms with Crippen molar-refractivity contribution in [2.45, 2.75) is 6.10 Å². The molecular weight excluding hydrogens is 336 g/mol. The lowest BCUT2D eigenvalue weighted by atomic mass is 9.99. The third-order valence-corrected chi connectivity index (χ3v) is 4.97. The molecule has 0 aliphatic rings. The van der Waals surface area contributed by atoms with Gasteiger partial charge in [-0.15, -0.1) is 11.3 Å². The molecule has 0 saturated carbocycles. The Balaban J connectivity index is 2.17. The van der Waals surface area contributed by atoms with Crippen molar-refractivity contribution in [1.82, 2.24) is 0 Å². The Morgan fingerprint density at radius 1 is 1.05 bits per heavy atom. The van der Waals surface area contributed by atoms with Gasteiger partial charge in [-0.3, -0.25) is 0 Å².